The van der Waals surface area contributed by atoms with Crippen LogP contribution in [0.25, 0.3) is 10.8 Å². The molecule has 6 heteroatoms. The maximum atomic E-state index is 13.6. The highest BCUT2D eigenvalue weighted by Gasteiger charge is 2.37. The monoisotopic (exact) mass is 451 g/mol. The number of hydrogen-bond donors (Lipinski definition) is 0. The zero-order chi connectivity index (χ0) is 22.9. The Bertz CT molecular complexity index is 1250. The van der Waals surface area contributed by atoms with Gasteiger partial charge >= 0.3 is 0 Å². The molecule has 0 spiro atoms. The molecule has 1 saturated heterocycles. The molecule has 0 saturated carbocycles. The molecule has 3 aromatic rings. The molecule has 2 atom stereocenters. The van der Waals surface area contributed by atoms with E-state index in [9.17, 15) is 13.2 Å². The summed E-state index contributed by atoms with van der Waals surface area (Å²) in [4.78, 5) is 15.3. The third-order valence-corrected chi connectivity index (χ3v) is 8.11. The van der Waals surface area contributed by atoms with Gasteiger partial charge in [-0.1, -0.05) is 54.6 Å². The van der Waals surface area contributed by atoms with Crippen molar-refractivity contribution in [3.63, 3.8) is 0 Å². The molecular formula is C26H29NO4S. The van der Waals surface area contributed by atoms with Gasteiger partial charge in [-0.25, -0.2) is 8.42 Å². The lowest BCUT2D eigenvalue weighted by molar-refractivity contribution is -0.140. The lowest BCUT2D eigenvalue weighted by Gasteiger charge is -2.31. The summed E-state index contributed by atoms with van der Waals surface area (Å²) in [5.74, 6) is 0.596. The molecule has 1 aliphatic rings. The minimum atomic E-state index is -3.14. The number of ether oxygens (including phenoxy) is 1. The highest BCUT2D eigenvalue weighted by molar-refractivity contribution is 7.91. The van der Waals surface area contributed by atoms with E-state index in [1.807, 2.05) is 74.5 Å². The van der Waals surface area contributed by atoms with Crippen LogP contribution in [0.5, 0.6) is 5.75 Å². The van der Waals surface area contributed by atoms with Crippen LogP contribution in [0, 0.1) is 13.8 Å². The van der Waals surface area contributed by atoms with Gasteiger partial charge in [0.15, 0.2) is 15.9 Å². The Labute approximate surface area is 189 Å². The maximum absolute atomic E-state index is 13.6. The first-order valence-electron chi connectivity index (χ1n) is 11.0. The van der Waals surface area contributed by atoms with Crippen molar-refractivity contribution < 1.29 is 17.9 Å². The molecule has 0 aliphatic carbocycles. The first-order valence-corrected chi connectivity index (χ1v) is 12.8. The SMILES string of the molecule is Cc1cccc(O[C@@H](C)C(=O)N(Cc2cccc3ccccc23)[C@@H]2CCS(=O)(=O)C2)c1C. The Kier molecular flexibility index (Phi) is 6.24. The van der Waals surface area contributed by atoms with Crippen LogP contribution in [0.1, 0.15) is 30.0 Å². The van der Waals surface area contributed by atoms with E-state index in [4.69, 9.17) is 4.74 Å². The number of sulfone groups is 1. The summed E-state index contributed by atoms with van der Waals surface area (Å²) in [6.07, 6.45) is -0.275. The molecule has 1 aliphatic heterocycles. The molecule has 32 heavy (non-hydrogen) atoms. The normalized spacial score (nSPS) is 18.4. The Hall–Kier alpha value is -2.86. The Morgan fingerprint density at radius 3 is 2.53 bits per heavy atom. The van der Waals surface area contributed by atoms with Crippen molar-refractivity contribution in [2.45, 2.75) is 45.9 Å². The van der Waals surface area contributed by atoms with Crippen LogP contribution in [0.4, 0.5) is 0 Å². The molecule has 5 nitrogen and oxygen atoms in total. The van der Waals surface area contributed by atoms with Gasteiger partial charge in [0.05, 0.1) is 11.5 Å². The van der Waals surface area contributed by atoms with E-state index in [2.05, 4.69) is 0 Å². The summed E-state index contributed by atoms with van der Waals surface area (Å²) in [6, 6.07) is 19.5. The molecule has 0 unspecified atom stereocenters. The minimum Gasteiger partial charge on any atom is -0.481 e. The zero-order valence-electron chi connectivity index (χ0n) is 18.7. The molecule has 168 valence electrons. The van der Waals surface area contributed by atoms with Crippen LogP contribution in [0.15, 0.2) is 60.7 Å². The lowest BCUT2D eigenvalue weighted by Crippen LogP contribution is -2.46. The molecule has 0 N–H and O–H groups in total. The van der Waals surface area contributed by atoms with Crippen molar-refractivity contribution in [1.29, 1.82) is 0 Å². The van der Waals surface area contributed by atoms with Gasteiger partial charge < -0.3 is 9.64 Å². The van der Waals surface area contributed by atoms with Gasteiger partial charge in [-0.3, -0.25) is 4.79 Å². The Morgan fingerprint density at radius 1 is 1.06 bits per heavy atom. The van der Waals surface area contributed by atoms with E-state index in [0.717, 1.165) is 27.5 Å². The zero-order valence-corrected chi connectivity index (χ0v) is 19.6. The van der Waals surface area contributed by atoms with Gasteiger partial charge in [0.2, 0.25) is 0 Å². The second-order valence-electron chi connectivity index (χ2n) is 8.62. The van der Waals surface area contributed by atoms with Crippen molar-refractivity contribution in [2.24, 2.45) is 0 Å². The molecule has 1 fully saturated rings. The van der Waals surface area contributed by atoms with Gasteiger partial charge in [0.25, 0.3) is 5.91 Å². The molecule has 4 rings (SSSR count). The van der Waals surface area contributed by atoms with Crippen molar-refractivity contribution in [1.82, 2.24) is 4.90 Å². The van der Waals surface area contributed by atoms with Crippen LogP contribution >= 0.6 is 0 Å². The van der Waals surface area contributed by atoms with Gasteiger partial charge in [-0.2, -0.15) is 0 Å². The second-order valence-corrected chi connectivity index (χ2v) is 10.8. The number of fused-ring (bicyclic) bond motifs is 1. The first kappa shape index (κ1) is 22.3. The van der Waals surface area contributed by atoms with Gasteiger partial charge in [-0.15, -0.1) is 0 Å². The molecule has 3 aromatic carbocycles. The third kappa shape index (κ3) is 4.65. The fourth-order valence-electron chi connectivity index (χ4n) is 4.35. The molecule has 1 amide bonds. The van der Waals surface area contributed by atoms with Crippen LogP contribution in [-0.2, 0) is 21.2 Å². The number of amides is 1. The van der Waals surface area contributed by atoms with Crippen LogP contribution in [-0.4, -0.2) is 42.9 Å². The maximum Gasteiger partial charge on any atom is 0.263 e. The van der Waals surface area contributed by atoms with E-state index in [-0.39, 0.29) is 23.5 Å². The Morgan fingerprint density at radius 2 is 1.78 bits per heavy atom. The number of benzene rings is 3. The number of aryl methyl sites for hydroxylation is 1. The number of nitrogens with zero attached hydrogens (tertiary/aromatic N) is 1. The number of carbonyl (C=O) groups excluding carboxylic acids is 1. The summed E-state index contributed by atoms with van der Waals surface area (Å²) < 4.78 is 30.5. The Balaban J connectivity index is 1.64. The summed E-state index contributed by atoms with van der Waals surface area (Å²) in [6.45, 7) is 6.06. The lowest BCUT2D eigenvalue weighted by atomic mass is 10.0. The van der Waals surface area contributed by atoms with E-state index < -0.39 is 15.9 Å². The van der Waals surface area contributed by atoms with E-state index >= 15 is 0 Å². The summed E-state index contributed by atoms with van der Waals surface area (Å²) in [5, 5.41) is 2.16. The molecule has 0 bridgehead atoms. The summed E-state index contributed by atoms with van der Waals surface area (Å²) >= 11 is 0. The van der Waals surface area contributed by atoms with Gasteiger partial charge in [0, 0.05) is 12.6 Å². The predicted molar refractivity (Wildman–Crippen MR) is 128 cm³/mol. The predicted octanol–water partition coefficient (Wildman–Crippen LogP) is 4.44. The highest BCUT2D eigenvalue weighted by atomic mass is 32.2. The van der Waals surface area contributed by atoms with Crippen molar-refractivity contribution in [3.05, 3.63) is 77.4 Å². The standard InChI is InChI=1S/C26H29NO4S/c1-18-8-6-13-25(19(18)2)31-20(3)26(28)27(23-14-15-32(29,30)17-23)16-22-11-7-10-21-9-4-5-12-24(21)22/h4-13,20,23H,14-17H2,1-3H3/t20-,23+/m0/s1. The summed E-state index contributed by atoms with van der Waals surface area (Å²) in [5.41, 5.74) is 3.09. The summed E-state index contributed by atoms with van der Waals surface area (Å²) in [7, 11) is -3.14. The first-order chi connectivity index (χ1) is 15.2. The smallest absolute Gasteiger partial charge is 0.263 e. The minimum absolute atomic E-state index is 0.000299. The third-order valence-electron chi connectivity index (χ3n) is 6.36. The van der Waals surface area contributed by atoms with Crippen molar-refractivity contribution in [2.75, 3.05) is 11.5 Å². The van der Waals surface area contributed by atoms with Crippen LogP contribution < -0.4 is 4.74 Å². The van der Waals surface area contributed by atoms with Crippen LogP contribution in [0.2, 0.25) is 0 Å². The van der Waals surface area contributed by atoms with Crippen LogP contribution in [0.3, 0.4) is 0 Å². The molecule has 0 radical (unpaired) electrons. The number of hydrogen-bond acceptors (Lipinski definition) is 4. The van der Waals surface area contributed by atoms with E-state index in [1.165, 1.54) is 0 Å². The topological polar surface area (TPSA) is 63.7 Å². The second kappa shape index (κ2) is 8.94. The van der Waals surface area contributed by atoms with E-state index in [0.29, 0.717) is 18.7 Å². The highest BCUT2D eigenvalue weighted by Crippen LogP contribution is 2.27. The van der Waals surface area contributed by atoms with Gasteiger partial charge in [0.1, 0.15) is 5.75 Å². The largest absolute Gasteiger partial charge is 0.481 e. The quantitative estimate of drug-likeness (QED) is 0.556. The van der Waals surface area contributed by atoms with Crippen molar-refractivity contribution >= 4 is 26.5 Å². The average molecular weight is 452 g/mol. The molecule has 0 aromatic heterocycles. The molecule has 1 heterocycles. The number of rotatable bonds is 6. The van der Waals surface area contributed by atoms with Crippen molar-refractivity contribution in [3.8, 4) is 5.75 Å². The number of carbonyl (C=O) groups is 1. The fourth-order valence-corrected chi connectivity index (χ4v) is 6.08. The average Bonchev–Trinajstić information content (AvgIpc) is 3.14. The van der Waals surface area contributed by atoms with Gasteiger partial charge in [-0.05, 0) is 60.7 Å². The fraction of sp³-hybridized carbons (Fsp3) is 0.346. The van der Waals surface area contributed by atoms with E-state index in [1.54, 1.807) is 11.8 Å². The molecular weight excluding hydrogens is 422 g/mol.